The van der Waals surface area contributed by atoms with E-state index >= 15 is 0 Å². The zero-order chi connectivity index (χ0) is 14.5. The van der Waals surface area contributed by atoms with Crippen molar-refractivity contribution in [2.45, 2.75) is 20.8 Å². The molecule has 0 fully saturated rings. The third-order valence-electron chi connectivity index (χ3n) is 2.78. The number of rotatable bonds is 7. The molecule has 0 aliphatic rings. The number of aromatic nitrogens is 3. The third kappa shape index (κ3) is 4.20. The van der Waals surface area contributed by atoms with Crippen molar-refractivity contribution in [3.63, 3.8) is 0 Å². The lowest BCUT2D eigenvalue weighted by Crippen LogP contribution is -2.39. The predicted octanol–water partition coefficient (Wildman–Crippen LogP) is 0.700. The van der Waals surface area contributed by atoms with Gasteiger partial charge in [0.15, 0.2) is 0 Å². The van der Waals surface area contributed by atoms with Gasteiger partial charge in [0.1, 0.15) is 0 Å². The first-order chi connectivity index (χ1) is 8.95. The summed E-state index contributed by atoms with van der Waals surface area (Å²) < 4.78 is 10.1. The van der Waals surface area contributed by atoms with E-state index in [0.717, 1.165) is 13.1 Å². The van der Waals surface area contributed by atoms with Crippen LogP contribution < -0.4 is 20.1 Å². The van der Waals surface area contributed by atoms with Crippen LogP contribution in [-0.2, 0) is 0 Å². The lowest BCUT2D eigenvalue weighted by atomic mass is 9.93. The molecule has 0 bridgehead atoms. The van der Waals surface area contributed by atoms with Crippen molar-refractivity contribution in [2.24, 2.45) is 11.1 Å². The molecule has 7 nitrogen and oxygen atoms in total. The summed E-state index contributed by atoms with van der Waals surface area (Å²) in [6.45, 7) is 8.34. The van der Waals surface area contributed by atoms with Gasteiger partial charge in [-0.05, 0) is 18.9 Å². The number of anilines is 1. The molecule has 0 spiro atoms. The van der Waals surface area contributed by atoms with Gasteiger partial charge in [0.25, 0.3) is 0 Å². The van der Waals surface area contributed by atoms with Crippen LogP contribution in [0.3, 0.4) is 0 Å². The summed E-state index contributed by atoms with van der Waals surface area (Å²) in [5.41, 5.74) is 5.75. The van der Waals surface area contributed by atoms with Crippen molar-refractivity contribution in [3.8, 4) is 12.0 Å². The summed E-state index contributed by atoms with van der Waals surface area (Å²) in [6, 6.07) is 0.483. The number of methoxy groups -OCH3 is 2. The van der Waals surface area contributed by atoms with Crippen molar-refractivity contribution < 1.29 is 9.47 Å². The lowest BCUT2D eigenvalue weighted by molar-refractivity contribution is 0.336. The second-order valence-electron chi connectivity index (χ2n) is 4.99. The Bertz CT molecular complexity index is 389. The molecule has 1 aromatic rings. The monoisotopic (exact) mass is 269 g/mol. The molecule has 0 aliphatic heterocycles. The Labute approximate surface area is 114 Å². The first-order valence-corrected chi connectivity index (χ1v) is 6.24. The number of nitrogens with two attached hydrogens (primary N) is 1. The Balaban J connectivity index is 3.03. The van der Waals surface area contributed by atoms with Gasteiger partial charge in [-0.1, -0.05) is 13.8 Å². The highest BCUT2D eigenvalue weighted by atomic mass is 16.5. The highest BCUT2D eigenvalue weighted by Crippen LogP contribution is 2.21. The van der Waals surface area contributed by atoms with E-state index in [4.69, 9.17) is 15.2 Å². The molecule has 0 unspecified atom stereocenters. The number of ether oxygens (including phenoxy) is 2. The number of hydrogen-bond acceptors (Lipinski definition) is 7. The Hall–Kier alpha value is -1.63. The molecule has 0 radical (unpaired) electrons. The molecule has 1 aromatic heterocycles. The van der Waals surface area contributed by atoms with Gasteiger partial charge in [-0.3, -0.25) is 0 Å². The second-order valence-corrected chi connectivity index (χ2v) is 4.99. The topological polar surface area (TPSA) is 86.4 Å². The van der Waals surface area contributed by atoms with Crippen molar-refractivity contribution in [3.05, 3.63) is 0 Å². The van der Waals surface area contributed by atoms with Gasteiger partial charge in [-0.25, -0.2) is 0 Å². The predicted molar refractivity (Wildman–Crippen MR) is 73.7 cm³/mol. The average Bonchev–Trinajstić information content (AvgIpc) is 2.44. The lowest BCUT2D eigenvalue weighted by Gasteiger charge is -2.31. The maximum absolute atomic E-state index is 5.77. The van der Waals surface area contributed by atoms with E-state index < -0.39 is 0 Å². The van der Waals surface area contributed by atoms with Gasteiger partial charge < -0.3 is 20.1 Å². The zero-order valence-corrected chi connectivity index (χ0v) is 12.3. The first-order valence-electron chi connectivity index (χ1n) is 6.24. The summed E-state index contributed by atoms with van der Waals surface area (Å²) in [5, 5.41) is 0. The molecule has 1 rings (SSSR count). The van der Waals surface area contributed by atoms with E-state index in [2.05, 4.69) is 28.8 Å². The molecule has 0 saturated carbocycles. The molecule has 0 aliphatic carbocycles. The van der Waals surface area contributed by atoms with E-state index in [-0.39, 0.29) is 17.4 Å². The summed E-state index contributed by atoms with van der Waals surface area (Å²) in [6.07, 6.45) is 0. The van der Waals surface area contributed by atoms with Crippen LogP contribution in [0.4, 0.5) is 5.95 Å². The minimum atomic E-state index is -0.0247. The molecule has 0 saturated heterocycles. The van der Waals surface area contributed by atoms with E-state index in [1.54, 1.807) is 0 Å². The fourth-order valence-corrected chi connectivity index (χ4v) is 1.56. The SMILES string of the molecule is CCN(CC(C)(C)CN)c1nc(OC)nc(OC)n1. The minimum Gasteiger partial charge on any atom is -0.467 e. The third-order valence-corrected chi connectivity index (χ3v) is 2.78. The van der Waals surface area contributed by atoms with Gasteiger partial charge in [0.05, 0.1) is 14.2 Å². The smallest absolute Gasteiger partial charge is 0.324 e. The molecular weight excluding hydrogens is 246 g/mol. The summed E-state index contributed by atoms with van der Waals surface area (Å²) in [4.78, 5) is 14.5. The molecular formula is C12H23N5O2. The Kier molecular flexibility index (Phi) is 5.29. The first kappa shape index (κ1) is 15.4. The molecule has 0 amide bonds. The second kappa shape index (κ2) is 6.51. The van der Waals surface area contributed by atoms with Crippen LogP contribution in [0.5, 0.6) is 12.0 Å². The highest BCUT2D eigenvalue weighted by Gasteiger charge is 2.22. The molecule has 7 heteroatoms. The minimum absolute atomic E-state index is 0.0247. The van der Waals surface area contributed by atoms with Gasteiger partial charge >= 0.3 is 12.0 Å². The van der Waals surface area contributed by atoms with Crippen molar-refractivity contribution in [1.29, 1.82) is 0 Å². The van der Waals surface area contributed by atoms with Gasteiger partial charge in [-0.15, -0.1) is 4.98 Å². The Morgan fingerprint density at radius 3 is 2.00 bits per heavy atom. The maximum atomic E-state index is 5.77. The van der Waals surface area contributed by atoms with E-state index in [9.17, 15) is 0 Å². The van der Waals surface area contributed by atoms with Crippen LogP contribution in [0, 0.1) is 5.41 Å². The van der Waals surface area contributed by atoms with Crippen LogP contribution in [-0.4, -0.2) is 48.8 Å². The fraction of sp³-hybridized carbons (Fsp3) is 0.750. The van der Waals surface area contributed by atoms with Gasteiger partial charge in [-0.2, -0.15) is 9.97 Å². The zero-order valence-electron chi connectivity index (χ0n) is 12.3. The van der Waals surface area contributed by atoms with E-state index in [1.807, 2.05) is 11.8 Å². The molecule has 2 N–H and O–H groups in total. The van der Waals surface area contributed by atoms with Crippen LogP contribution >= 0.6 is 0 Å². The molecule has 1 heterocycles. The summed E-state index contributed by atoms with van der Waals surface area (Å²) >= 11 is 0. The molecule has 0 aromatic carbocycles. The van der Waals surface area contributed by atoms with Gasteiger partial charge in [0, 0.05) is 13.1 Å². The summed E-state index contributed by atoms with van der Waals surface area (Å²) in [7, 11) is 3.03. The normalized spacial score (nSPS) is 11.3. The number of nitrogens with zero attached hydrogens (tertiary/aromatic N) is 4. The molecule has 108 valence electrons. The summed E-state index contributed by atoms with van der Waals surface area (Å²) in [5.74, 6) is 0.535. The number of hydrogen-bond donors (Lipinski definition) is 1. The molecule has 19 heavy (non-hydrogen) atoms. The quantitative estimate of drug-likeness (QED) is 0.779. The molecule has 0 atom stereocenters. The van der Waals surface area contributed by atoms with Gasteiger partial charge in [0.2, 0.25) is 5.95 Å². The fourth-order valence-electron chi connectivity index (χ4n) is 1.56. The Morgan fingerprint density at radius 1 is 1.11 bits per heavy atom. The van der Waals surface area contributed by atoms with Crippen LogP contribution in [0.25, 0.3) is 0 Å². The van der Waals surface area contributed by atoms with Crippen LogP contribution in [0.2, 0.25) is 0 Å². The van der Waals surface area contributed by atoms with E-state index in [1.165, 1.54) is 14.2 Å². The largest absolute Gasteiger partial charge is 0.467 e. The van der Waals surface area contributed by atoms with Crippen molar-refractivity contribution in [1.82, 2.24) is 15.0 Å². The highest BCUT2D eigenvalue weighted by molar-refractivity contribution is 5.32. The average molecular weight is 269 g/mol. The van der Waals surface area contributed by atoms with Crippen molar-refractivity contribution >= 4 is 5.95 Å². The maximum Gasteiger partial charge on any atom is 0.324 e. The van der Waals surface area contributed by atoms with Crippen LogP contribution in [0.1, 0.15) is 20.8 Å². The van der Waals surface area contributed by atoms with E-state index in [0.29, 0.717) is 12.5 Å². The standard InChI is InChI=1S/C12H23N5O2/c1-6-17(8-12(2,3)7-13)9-14-10(18-4)16-11(15-9)19-5/h6-8,13H2,1-5H3. The van der Waals surface area contributed by atoms with Crippen molar-refractivity contribution in [2.75, 3.05) is 38.8 Å². The Morgan fingerprint density at radius 2 is 1.63 bits per heavy atom. The van der Waals surface area contributed by atoms with Crippen LogP contribution in [0.15, 0.2) is 0 Å².